The van der Waals surface area contributed by atoms with Crippen LogP contribution in [0, 0.1) is 5.92 Å². The van der Waals surface area contributed by atoms with E-state index < -0.39 is 0 Å². The van der Waals surface area contributed by atoms with E-state index >= 15 is 0 Å². The van der Waals surface area contributed by atoms with Crippen molar-refractivity contribution in [2.45, 2.75) is 46.0 Å². The summed E-state index contributed by atoms with van der Waals surface area (Å²) in [5, 5.41) is 0. The minimum Gasteiger partial charge on any atom is -0.457 e. The van der Waals surface area contributed by atoms with Gasteiger partial charge in [-0.25, -0.2) is 4.79 Å². The van der Waals surface area contributed by atoms with Crippen LogP contribution in [0.15, 0.2) is 0 Å². The zero-order valence-electron chi connectivity index (χ0n) is 8.14. The van der Waals surface area contributed by atoms with Crippen molar-refractivity contribution in [1.29, 1.82) is 0 Å². The molecule has 0 aromatic carbocycles. The van der Waals surface area contributed by atoms with Crippen LogP contribution < -0.4 is 0 Å². The van der Waals surface area contributed by atoms with E-state index in [9.17, 15) is 4.79 Å². The highest BCUT2D eigenvalue weighted by Crippen LogP contribution is 2.13. The molecule has 0 saturated carbocycles. The molecule has 1 unspecified atom stereocenters. The van der Waals surface area contributed by atoms with Crippen molar-refractivity contribution in [3.8, 4) is 0 Å². The van der Waals surface area contributed by atoms with Gasteiger partial charge in [0.25, 0.3) is 0 Å². The Morgan fingerprint density at radius 1 is 1.33 bits per heavy atom. The summed E-state index contributed by atoms with van der Waals surface area (Å²) in [5.41, 5.74) is 0. The fourth-order valence-electron chi connectivity index (χ4n) is 1.35. The van der Waals surface area contributed by atoms with Gasteiger partial charge in [-0.05, 0) is 18.8 Å². The lowest BCUT2D eigenvalue weighted by Crippen LogP contribution is -1.96. The summed E-state index contributed by atoms with van der Waals surface area (Å²) in [4.78, 5) is 9.66. The third kappa shape index (κ3) is 7.58. The van der Waals surface area contributed by atoms with Crippen LogP contribution in [-0.2, 0) is 9.53 Å². The number of carbonyl (C=O) groups excluding carboxylic acids is 1. The first kappa shape index (κ1) is 11.5. The molecule has 2 nitrogen and oxygen atoms in total. The van der Waals surface area contributed by atoms with Crippen LogP contribution in [0.25, 0.3) is 0 Å². The Bertz CT molecular complexity index is 102. The Morgan fingerprint density at radius 3 is 2.67 bits per heavy atom. The number of hydrogen-bond acceptors (Lipinski definition) is 2. The lowest BCUT2D eigenvalue weighted by atomic mass is 9.99. The summed E-state index contributed by atoms with van der Waals surface area (Å²) >= 11 is 0. The first-order valence-corrected chi connectivity index (χ1v) is 4.80. The average Bonchev–Trinajstić information content (AvgIpc) is 2.05. The molecule has 0 rings (SSSR count). The maximum Gasteiger partial charge on any atom is 0.417 e. The predicted octanol–water partition coefficient (Wildman–Crippen LogP) is 2.68. The highest BCUT2D eigenvalue weighted by molar-refractivity contribution is 5.37. The third-order valence-electron chi connectivity index (χ3n) is 2.03. The van der Waals surface area contributed by atoms with Crippen LogP contribution in [0.3, 0.4) is 0 Å². The van der Waals surface area contributed by atoms with E-state index in [1.165, 1.54) is 25.7 Å². The van der Waals surface area contributed by atoms with Gasteiger partial charge in [0.2, 0.25) is 0 Å². The van der Waals surface area contributed by atoms with Gasteiger partial charge in [0.1, 0.15) is 0 Å². The second-order valence-electron chi connectivity index (χ2n) is 3.32. The Hall–Kier alpha value is -0.530. The van der Waals surface area contributed by atoms with Gasteiger partial charge in [-0.15, -0.1) is 0 Å². The minimum atomic E-state index is 0.530. The average molecular weight is 171 g/mol. The van der Waals surface area contributed by atoms with Crippen LogP contribution in [-0.4, -0.2) is 13.1 Å². The van der Waals surface area contributed by atoms with E-state index in [0.717, 1.165) is 18.8 Å². The lowest BCUT2D eigenvalue weighted by molar-refractivity contribution is 0.265. The van der Waals surface area contributed by atoms with Crippen molar-refractivity contribution in [3.63, 3.8) is 0 Å². The smallest absolute Gasteiger partial charge is 0.417 e. The zero-order valence-corrected chi connectivity index (χ0v) is 8.14. The zero-order chi connectivity index (χ0) is 9.23. The molecule has 71 valence electrons. The van der Waals surface area contributed by atoms with Gasteiger partial charge in [0.05, 0.1) is 6.61 Å². The lowest BCUT2D eigenvalue weighted by Gasteiger charge is -2.08. The van der Waals surface area contributed by atoms with Crippen molar-refractivity contribution in [3.05, 3.63) is 0 Å². The molecule has 0 aliphatic heterocycles. The molecular weight excluding hydrogens is 152 g/mol. The standard InChI is InChI=1S/C10H19O2/c1-3-6-10(2)7-4-5-8-12-9-11/h10H,3-8H2,1-2H3. The molecular formula is C10H19O2. The van der Waals surface area contributed by atoms with Gasteiger partial charge in [-0.3, -0.25) is 0 Å². The first-order chi connectivity index (χ1) is 5.81. The van der Waals surface area contributed by atoms with Crippen LogP contribution in [0.1, 0.15) is 46.0 Å². The normalized spacial score (nSPS) is 12.5. The molecule has 1 atom stereocenters. The van der Waals surface area contributed by atoms with E-state index in [0.29, 0.717) is 6.61 Å². The molecule has 0 N–H and O–H groups in total. The molecule has 0 aliphatic carbocycles. The van der Waals surface area contributed by atoms with Crippen LogP contribution in [0.5, 0.6) is 0 Å². The number of hydrogen-bond donors (Lipinski definition) is 0. The van der Waals surface area contributed by atoms with E-state index in [4.69, 9.17) is 0 Å². The van der Waals surface area contributed by atoms with Gasteiger partial charge >= 0.3 is 6.47 Å². The number of rotatable bonds is 8. The van der Waals surface area contributed by atoms with Gasteiger partial charge in [-0.1, -0.05) is 33.1 Å². The molecule has 0 aromatic heterocycles. The number of ether oxygens (including phenoxy) is 1. The van der Waals surface area contributed by atoms with E-state index in [2.05, 4.69) is 18.6 Å². The van der Waals surface area contributed by atoms with Gasteiger partial charge < -0.3 is 4.74 Å². The summed E-state index contributed by atoms with van der Waals surface area (Å²) in [6, 6.07) is 0. The highest BCUT2D eigenvalue weighted by atomic mass is 16.5. The maximum atomic E-state index is 9.66. The van der Waals surface area contributed by atoms with E-state index in [1.807, 2.05) is 0 Å². The van der Waals surface area contributed by atoms with Crippen molar-refractivity contribution < 1.29 is 9.53 Å². The predicted molar refractivity (Wildman–Crippen MR) is 49.6 cm³/mol. The Balaban J connectivity index is 3.02. The molecule has 12 heavy (non-hydrogen) atoms. The second kappa shape index (κ2) is 8.57. The molecule has 0 spiro atoms. The Morgan fingerprint density at radius 2 is 2.08 bits per heavy atom. The van der Waals surface area contributed by atoms with Crippen LogP contribution in [0.4, 0.5) is 0 Å². The highest BCUT2D eigenvalue weighted by Gasteiger charge is 1.99. The fraction of sp³-hybridized carbons (Fsp3) is 0.900. The van der Waals surface area contributed by atoms with Crippen molar-refractivity contribution in [2.75, 3.05) is 6.61 Å². The summed E-state index contributed by atoms with van der Waals surface area (Å²) in [7, 11) is 0. The fourth-order valence-corrected chi connectivity index (χ4v) is 1.35. The van der Waals surface area contributed by atoms with E-state index in [1.54, 1.807) is 0 Å². The summed E-state index contributed by atoms with van der Waals surface area (Å²) in [6.45, 7) is 6.44. The molecule has 0 saturated heterocycles. The van der Waals surface area contributed by atoms with E-state index in [-0.39, 0.29) is 0 Å². The molecule has 0 aromatic rings. The van der Waals surface area contributed by atoms with Crippen molar-refractivity contribution >= 4 is 6.47 Å². The van der Waals surface area contributed by atoms with Gasteiger partial charge in [0.15, 0.2) is 0 Å². The molecule has 0 fully saturated rings. The number of unbranched alkanes of at least 4 members (excludes halogenated alkanes) is 1. The molecule has 0 amide bonds. The maximum absolute atomic E-state index is 9.66. The summed E-state index contributed by atoms with van der Waals surface area (Å²) < 4.78 is 4.47. The summed E-state index contributed by atoms with van der Waals surface area (Å²) in [6.07, 6.45) is 5.95. The van der Waals surface area contributed by atoms with Gasteiger partial charge in [0, 0.05) is 0 Å². The summed E-state index contributed by atoms with van der Waals surface area (Å²) in [5.74, 6) is 0.815. The quantitative estimate of drug-likeness (QED) is 0.525. The molecule has 0 aliphatic rings. The van der Waals surface area contributed by atoms with Crippen molar-refractivity contribution in [1.82, 2.24) is 0 Å². The third-order valence-corrected chi connectivity index (χ3v) is 2.03. The Labute approximate surface area is 75.3 Å². The molecule has 2 heteroatoms. The van der Waals surface area contributed by atoms with Crippen molar-refractivity contribution in [2.24, 2.45) is 5.92 Å². The van der Waals surface area contributed by atoms with Gasteiger partial charge in [-0.2, -0.15) is 0 Å². The van der Waals surface area contributed by atoms with Crippen LogP contribution in [0.2, 0.25) is 0 Å². The minimum absolute atomic E-state index is 0.530. The first-order valence-electron chi connectivity index (χ1n) is 4.80. The molecule has 0 bridgehead atoms. The monoisotopic (exact) mass is 171 g/mol. The van der Waals surface area contributed by atoms with Crippen LogP contribution >= 0.6 is 0 Å². The topological polar surface area (TPSA) is 26.3 Å². The SMILES string of the molecule is CCCC(C)CCCCO[C]=O. The second-order valence-corrected chi connectivity index (χ2v) is 3.32. The molecule has 0 heterocycles. The largest absolute Gasteiger partial charge is 0.457 e. The Kier molecular flexibility index (Phi) is 8.19. The molecule has 1 radical (unpaired) electrons.